The minimum Gasteiger partial charge on any atom is -0.383 e. The molecule has 154 valence electrons. The number of hydrogen-bond donors (Lipinski definition) is 3. The lowest BCUT2D eigenvalue weighted by atomic mass is 10.2. The highest BCUT2D eigenvalue weighted by Crippen LogP contribution is 2.12. The number of sulfonamides is 1. The number of rotatable bonds is 10. The van der Waals surface area contributed by atoms with E-state index in [2.05, 4.69) is 25.3 Å². The summed E-state index contributed by atoms with van der Waals surface area (Å²) in [5.41, 5.74) is 0.841. The number of ether oxygens (including phenoxy) is 1. The number of hydrogen-bond acceptors (Lipinski definition) is 6. The minimum atomic E-state index is -3.55. The molecule has 0 fully saturated rings. The van der Waals surface area contributed by atoms with Gasteiger partial charge >= 0.3 is 0 Å². The number of guanidine groups is 1. The Morgan fingerprint density at radius 1 is 1.29 bits per heavy atom. The van der Waals surface area contributed by atoms with Crippen LogP contribution in [-0.2, 0) is 27.7 Å². The number of nitrogens with zero attached hydrogens (tertiary/aromatic N) is 2. The Balaban J connectivity index is 1.86. The van der Waals surface area contributed by atoms with Gasteiger partial charge in [-0.15, -0.1) is 11.3 Å². The van der Waals surface area contributed by atoms with Gasteiger partial charge in [0.2, 0.25) is 10.0 Å². The average molecular weight is 426 g/mol. The Hall–Kier alpha value is -2.01. The summed E-state index contributed by atoms with van der Waals surface area (Å²) in [5, 5.41) is 7.52. The lowest BCUT2D eigenvalue weighted by Crippen LogP contribution is -2.37. The average Bonchev–Trinajstić information content (AvgIpc) is 3.10. The Morgan fingerprint density at radius 3 is 2.79 bits per heavy atom. The van der Waals surface area contributed by atoms with E-state index in [0.29, 0.717) is 25.7 Å². The fourth-order valence-electron chi connectivity index (χ4n) is 2.40. The van der Waals surface area contributed by atoms with Crippen molar-refractivity contribution in [1.82, 2.24) is 20.3 Å². The highest BCUT2D eigenvalue weighted by molar-refractivity contribution is 7.89. The first-order valence-corrected chi connectivity index (χ1v) is 11.2. The zero-order valence-electron chi connectivity index (χ0n) is 16.4. The molecule has 28 heavy (non-hydrogen) atoms. The van der Waals surface area contributed by atoms with Crippen molar-refractivity contribution in [3.05, 3.63) is 45.9 Å². The molecule has 2 aromatic rings. The third kappa shape index (κ3) is 7.19. The molecule has 0 atom stereocenters. The molecule has 1 heterocycles. The van der Waals surface area contributed by atoms with Crippen LogP contribution in [0.15, 0.2) is 40.4 Å². The molecule has 0 saturated carbocycles. The van der Waals surface area contributed by atoms with Gasteiger partial charge in [-0.2, -0.15) is 0 Å². The molecule has 8 nitrogen and oxygen atoms in total. The largest absolute Gasteiger partial charge is 0.383 e. The van der Waals surface area contributed by atoms with Gasteiger partial charge in [0.25, 0.3) is 0 Å². The van der Waals surface area contributed by atoms with Crippen molar-refractivity contribution < 1.29 is 13.2 Å². The van der Waals surface area contributed by atoms with Crippen molar-refractivity contribution in [2.45, 2.75) is 24.8 Å². The van der Waals surface area contributed by atoms with Crippen LogP contribution in [0.25, 0.3) is 0 Å². The molecule has 1 aromatic carbocycles. The normalized spacial score (nSPS) is 12.2. The van der Waals surface area contributed by atoms with Crippen LogP contribution in [0.4, 0.5) is 0 Å². The molecule has 0 amide bonds. The van der Waals surface area contributed by atoms with Gasteiger partial charge in [-0.1, -0.05) is 12.1 Å². The molecule has 1 aromatic heterocycles. The van der Waals surface area contributed by atoms with Crippen LogP contribution in [-0.4, -0.2) is 53.2 Å². The van der Waals surface area contributed by atoms with E-state index < -0.39 is 10.0 Å². The zero-order chi connectivity index (χ0) is 20.4. The van der Waals surface area contributed by atoms with Crippen LogP contribution >= 0.6 is 11.3 Å². The summed E-state index contributed by atoms with van der Waals surface area (Å²) in [6.45, 7) is 3.76. The van der Waals surface area contributed by atoms with Gasteiger partial charge in [-0.05, 0) is 24.6 Å². The van der Waals surface area contributed by atoms with Gasteiger partial charge in [-0.25, -0.2) is 18.1 Å². The van der Waals surface area contributed by atoms with Gasteiger partial charge in [0, 0.05) is 51.3 Å². The number of methoxy groups -OCH3 is 1. The third-order valence-electron chi connectivity index (χ3n) is 3.79. The molecule has 10 heteroatoms. The number of nitrogens with one attached hydrogen (secondary N) is 3. The van der Waals surface area contributed by atoms with Crippen molar-refractivity contribution in [1.29, 1.82) is 0 Å². The van der Waals surface area contributed by atoms with Crippen molar-refractivity contribution in [3.8, 4) is 0 Å². The molecule has 0 aliphatic carbocycles. The lowest BCUT2D eigenvalue weighted by molar-refractivity contribution is 0.204. The van der Waals surface area contributed by atoms with E-state index >= 15 is 0 Å². The summed E-state index contributed by atoms with van der Waals surface area (Å²) in [4.78, 5) is 9.96. The van der Waals surface area contributed by atoms with E-state index in [-0.39, 0.29) is 11.4 Å². The molecule has 2 rings (SSSR count). The van der Waals surface area contributed by atoms with Gasteiger partial charge in [0.15, 0.2) is 5.96 Å². The first kappa shape index (κ1) is 22.3. The number of aryl methyl sites for hydroxylation is 1. The van der Waals surface area contributed by atoms with Crippen molar-refractivity contribution in [2.75, 3.05) is 33.9 Å². The predicted molar refractivity (Wildman–Crippen MR) is 112 cm³/mol. The minimum absolute atomic E-state index is 0.227. The van der Waals surface area contributed by atoms with E-state index in [1.807, 2.05) is 19.2 Å². The van der Waals surface area contributed by atoms with E-state index in [1.54, 1.807) is 36.6 Å². The smallest absolute Gasteiger partial charge is 0.240 e. The second-order valence-corrected chi connectivity index (χ2v) is 9.09. The van der Waals surface area contributed by atoms with Crippen LogP contribution < -0.4 is 15.4 Å². The van der Waals surface area contributed by atoms with Gasteiger partial charge < -0.3 is 15.4 Å². The summed E-state index contributed by atoms with van der Waals surface area (Å²) in [5.74, 6) is 0.653. The van der Waals surface area contributed by atoms with Crippen molar-refractivity contribution >= 4 is 27.3 Å². The molecule has 0 aliphatic heterocycles. The second kappa shape index (κ2) is 11.1. The Kier molecular flexibility index (Phi) is 8.84. The van der Waals surface area contributed by atoms with Crippen molar-refractivity contribution in [3.63, 3.8) is 0 Å². The number of aliphatic imine (C=N–C) groups is 1. The molecule has 3 N–H and O–H groups in total. The van der Waals surface area contributed by atoms with Crippen LogP contribution in [0.1, 0.15) is 15.4 Å². The van der Waals surface area contributed by atoms with Crippen LogP contribution in [0.3, 0.4) is 0 Å². The first-order chi connectivity index (χ1) is 13.4. The highest BCUT2D eigenvalue weighted by Gasteiger charge is 2.13. The highest BCUT2D eigenvalue weighted by atomic mass is 32.2. The summed E-state index contributed by atoms with van der Waals surface area (Å²) < 4.78 is 32.0. The number of aromatic nitrogens is 1. The van der Waals surface area contributed by atoms with Crippen LogP contribution in [0, 0.1) is 6.92 Å². The molecule has 0 saturated heterocycles. The van der Waals surface area contributed by atoms with Crippen LogP contribution in [0.2, 0.25) is 0 Å². The van der Waals surface area contributed by atoms with Gasteiger partial charge in [0.1, 0.15) is 0 Å². The lowest BCUT2D eigenvalue weighted by Gasteiger charge is -2.12. The monoisotopic (exact) mass is 425 g/mol. The maximum Gasteiger partial charge on any atom is 0.240 e. The van der Waals surface area contributed by atoms with E-state index in [9.17, 15) is 8.42 Å². The quantitative estimate of drug-likeness (QED) is 0.301. The fraction of sp³-hybridized carbons (Fsp3) is 0.444. The molecule has 0 aliphatic rings. The Labute approximate surface area is 170 Å². The zero-order valence-corrected chi connectivity index (χ0v) is 18.0. The maximum atomic E-state index is 12.3. The molecule has 0 radical (unpaired) electrons. The predicted octanol–water partition coefficient (Wildman–Crippen LogP) is 1.28. The van der Waals surface area contributed by atoms with Crippen LogP contribution in [0.5, 0.6) is 0 Å². The van der Waals surface area contributed by atoms with E-state index in [0.717, 1.165) is 17.0 Å². The third-order valence-corrected chi connectivity index (χ3v) is 6.22. The SMILES string of the molecule is CN=C(NCCc1ncc(C)s1)NCc1cccc(S(=O)(=O)NCCOC)c1. The summed E-state index contributed by atoms with van der Waals surface area (Å²) >= 11 is 1.69. The molecule has 0 bridgehead atoms. The second-order valence-electron chi connectivity index (χ2n) is 6.01. The summed E-state index contributed by atoms with van der Waals surface area (Å²) in [7, 11) is -0.326. The van der Waals surface area contributed by atoms with Crippen molar-refractivity contribution in [2.24, 2.45) is 4.99 Å². The number of thiazole rings is 1. The maximum absolute atomic E-state index is 12.3. The van der Waals surface area contributed by atoms with Gasteiger partial charge in [0.05, 0.1) is 16.5 Å². The Morgan fingerprint density at radius 2 is 2.11 bits per heavy atom. The molecular weight excluding hydrogens is 398 g/mol. The summed E-state index contributed by atoms with van der Waals surface area (Å²) in [6.07, 6.45) is 2.69. The van der Waals surface area contributed by atoms with Gasteiger partial charge in [-0.3, -0.25) is 4.99 Å². The van der Waals surface area contributed by atoms with E-state index in [4.69, 9.17) is 4.74 Å². The fourth-order valence-corrected chi connectivity index (χ4v) is 4.26. The molecule has 0 spiro atoms. The topological polar surface area (TPSA) is 105 Å². The van der Waals surface area contributed by atoms with E-state index in [1.165, 1.54) is 12.0 Å². The Bertz CT molecular complexity index is 881. The molecule has 0 unspecified atom stereocenters. The molecular formula is C18H27N5O3S2. The first-order valence-electron chi connectivity index (χ1n) is 8.88. The number of benzene rings is 1. The summed E-state index contributed by atoms with van der Waals surface area (Å²) in [6, 6.07) is 6.81. The standard InChI is InChI=1S/C18H27N5O3S2/c1-14-12-21-17(27-14)7-8-20-18(19-2)22-13-15-5-4-6-16(11-15)28(24,25)23-9-10-26-3/h4-6,11-12,23H,7-10,13H2,1-3H3,(H2,19,20,22).